The fraction of sp³-hybridized carbons (Fsp3) is 0.750. The normalized spacial score (nSPS) is 10.9. The van der Waals surface area contributed by atoms with Crippen molar-refractivity contribution >= 4 is 11.9 Å². The van der Waals surface area contributed by atoms with Gasteiger partial charge in [0.15, 0.2) is 0 Å². The maximum absolute atomic E-state index is 11.1. The predicted molar refractivity (Wildman–Crippen MR) is 85.7 cm³/mol. The summed E-state index contributed by atoms with van der Waals surface area (Å²) >= 11 is 0. The molecule has 0 saturated heterocycles. The summed E-state index contributed by atoms with van der Waals surface area (Å²) in [6, 6.07) is 0. The summed E-state index contributed by atoms with van der Waals surface area (Å²) in [6.07, 6.45) is 4.33. The Balaban J connectivity index is 0. The zero-order chi connectivity index (χ0) is 18.1. The topological polar surface area (TPSA) is 113 Å². The van der Waals surface area contributed by atoms with Crippen LogP contribution in [-0.2, 0) is 19.1 Å². The van der Waals surface area contributed by atoms with E-state index in [9.17, 15) is 9.59 Å². The van der Waals surface area contributed by atoms with Gasteiger partial charge in [0, 0.05) is 25.4 Å². The monoisotopic (exact) mass is 334 g/mol. The number of esters is 2. The van der Waals surface area contributed by atoms with Crippen LogP contribution < -0.4 is 0 Å². The van der Waals surface area contributed by atoms with Crippen molar-refractivity contribution in [3.05, 3.63) is 12.2 Å². The lowest BCUT2D eigenvalue weighted by Gasteiger charge is -2.04. The molecule has 0 bridgehead atoms. The summed E-state index contributed by atoms with van der Waals surface area (Å²) in [5.41, 5.74) is -0.500. The minimum absolute atomic E-state index is 0.0631. The maximum atomic E-state index is 11.1. The van der Waals surface area contributed by atoms with Gasteiger partial charge in [-0.1, -0.05) is 0 Å². The number of rotatable bonds is 10. The highest BCUT2D eigenvalue weighted by atomic mass is 16.5. The van der Waals surface area contributed by atoms with Crippen LogP contribution in [0.1, 0.15) is 46.5 Å². The molecule has 0 saturated carbocycles. The lowest BCUT2D eigenvalue weighted by molar-refractivity contribution is -0.140. The lowest BCUT2D eigenvalue weighted by Crippen LogP contribution is -2.10. The molecule has 7 nitrogen and oxygen atoms in total. The van der Waals surface area contributed by atoms with E-state index in [1.807, 2.05) is 0 Å². The first kappa shape index (κ1) is 23.8. The maximum Gasteiger partial charge on any atom is 0.331 e. The van der Waals surface area contributed by atoms with Crippen molar-refractivity contribution in [3.8, 4) is 0 Å². The highest BCUT2D eigenvalue weighted by Crippen LogP contribution is 1.94. The van der Waals surface area contributed by atoms with Gasteiger partial charge < -0.3 is 24.8 Å². The quantitative estimate of drug-likeness (QED) is 0.310. The van der Waals surface area contributed by atoms with Crippen LogP contribution >= 0.6 is 0 Å². The van der Waals surface area contributed by atoms with E-state index >= 15 is 0 Å². The molecule has 7 heteroatoms. The molecular formula is C16H30O7. The molecule has 3 N–H and O–H groups in total. The van der Waals surface area contributed by atoms with E-state index in [-0.39, 0.29) is 26.4 Å². The van der Waals surface area contributed by atoms with Gasteiger partial charge >= 0.3 is 11.9 Å². The van der Waals surface area contributed by atoms with Crippen molar-refractivity contribution < 1.29 is 34.4 Å². The van der Waals surface area contributed by atoms with Crippen molar-refractivity contribution in [2.75, 3.05) is 26.4 Å². The molecule has 0 aliphatic heterocycles. The molecule has 0 rings (SSSR count). The summed E-state index contributed by atoms with van der Waals surface area (Å²) in [7, 11) is 0. The third kappa shape index (κ3) is 29.3. The second kappa shape index (κ2) is 15.5. The van der Waals surface area contributed by atoms with Crippen molar-refractivity contribution in [1.29, 1.82) is 0 Å². The number of carbonyl (C=O) groups is 2. The molecule has 0 heterocycles. The Bertz CT molecular complexity index is 300. The average molecular weight is 334 g/mol. The Labute approximate surface area is 137 Å². The van der Waals surface area contributed by atoms with Gasteiger partial charge in [-0.3, -0.25) is 0 Å². The zero-order valence-electron chi connectivity index (χ0n) is 14.3. The van der Waals surface area contributed by atoms with Crippen LogP contribution in [-0.4, -0.2) is 59.3 Å². The average Bonchev–Trinajstić information content (AvgIpc) is 2.44. The van der Waals surface area contributed by atoms with E-state index < -0.39 is 17.5 Å². The first-order valence-corrected chi connectivity index (χ1v) is 7.66. The molecule has 0 fully saturated rings. The minimum Gasteiger partial charge on any atom is -0.463 e. The fourth-order valence-electron chi connectivity index (χ4n) is 1.01. The summed E-state index contributed by atoms with van der Waals surface area (Å²) in [5.74, 6) is -1.22. The second-order valence-corrected chi connectivity index (χ2v) is 5.70. The summed E-state index contributed by atoms with van der Waals surface area (Å²) in [5, 5.41) is 25.5. The van der Waals surface area contributed by atoms with E-state index in [2.05, 4.69) is 0 Å². The van der Waals surface area contributed by atoms with E-state index in [1.165, 1.54) is 0 Å². The van der Waals surface area contributed by atoms with Gasteiger partial charge in [-0.2, -0.15) is 0 Å². The third-order valence-corrected chi connectivity index (χ3v) is 1.95. The van der Waals surface area contributed by atoms with Crippen molar-refractivity contribution in [1.82, 2.24) is 0 Å². The van der Waals surface area contributed by atoms with Gasteiger partial charge in [-0.25, -0.2) is 9.59 Å². The van der Waals surface area contributed by atoms with Gasteiger partial charge in [0.25, 0.3) is 0 Å². The summed E-state index contributed by atoms with van der Waals surface area (Å²) in [6.45, 7) is 5.79. The molecule has 0 aliphatic carbocycles. The Morgan fingerprint density at radius 1 is 0.826 bits per heavy atom. The Morgan fingerprint density at radius 2 is 1.13 bits per heavy atom. The molecule has 0 radical (unpaired) electrons. The molecule has 0 aromatic rings. The van der Waals surface area contributed by atoms with Crippen molar-refractivity contribution in [3.63, 3.8) is 0 Å². The molecule has 23 heavy (non-hydrogen) atoms. The summed E-state index contributed by atoms with van der Waals surface area (Å²) < 4.78 is 9.52. The molecule has 0 spiro atoms. The SMILES string of the molecule is CC(C)(C)O.O=C(/C=C\C(=O)OCCCCO)OCCCCO. The van der Waals surface area contributed by atoms with E-state index in [1.54, 1.807) is 20.8 Å². The van der Waals surface area contributed by atoms with Gasteiger partial charge in [-0.15, -0.1) is 0 Å². The van der Waals surface area contributed by atoms with Crippen LogP contribution in [0.3, 0.4) is 0 Å². The summed E-state index contributed by atoms with van der Waals surface area (Å²) in [4.78, 5) is 22.1. The van der Waals surface area contributed by atoms with Gasteiger partial charge in [-0.05, 0) is 46.5 Å². The number of unbranched alkanes of at least 4 members (excludes halogenated alkanes) is 2. The molecule has 0 atom stereocenters. The fourth-order valence-corrected chi connectivity index (χ4v) is 1.01. The van der Waals surface area contributed by atoms with E-state index in [4.69, 9.17) is 24.8 Å². The van der Waals surface area contributed by atoms with E-state index in [0.717, 1.165) is 12.2 Å². The Hall–Kier alpha value is -1.44. The van der Waals surface area contributed by atoms with Crippen LogP contribution in [0.4, 0.5) is 0 Å². The number of aliphatic hydroxyl groups excluding tert-OH is 2. The number of carbonyl (C=O) groups excluding carboxylic acids is 2. The van der Waals surface area contributed by atoms with Crippen LogP contribution in [0.25, 0.3) is 0 Å². The highest BCUT2D eigenvalue weighted by Gasteiger charge is 2.00. The Kier molecular flexibility index (Phi) is 16.0. The van der Waals surface area contributed by atoms with Crippen LogP contribution in [0.2, 0.25) is 0 Å². The molecule has 0 amide bonds. The molecular weight excluding hydrogens is 304 g/mol. The second-order valence-electron chi connectivity index (χ2n) is 5.70. The van der Waals surface area contributed by atoms with Gasteiger partial charge in [0.1, 0.15) is 0 Å². The zero-order valence-corrected chi connectivity index (χ0v) is 14.3. The first-order chi connectivity index (χ1) is 10.7. The molecule has 0 aromatic heterocycles. The lowest BCUT2D eigenvalue weighted by atomic mass is 10.2. The third-order valence-electron chi connectivity index (χ3n) is 1.95. The number of aliphatic hydroxyl groups is 3. The van der Waals surface area contributed by atoms with Crippen LogP contribution in [0, 0.1) is 0 Å². The smallest absolute Gasteiger partial charge is 0.331 e. The first-order valence-electron chi connectivity index (χ1n) is 7.66. The van der Waals surface area contributed by atoms with Crippen LogP contribution in [0.5, 0.6) is 0 Å². The number of hydrogen-bond donors (Lipinski definition) is 3. The van der Waals surface area contributed by atoms with Gasteiger partial charge in [0.05, 0.1) is 18.8 Å². The molecule has 0 aliphatic rings. The standard InChI is InChI=1S/C12H20O6.C4H10O/c13-7-1-3-9-17-11(15)5-6-12(16)18-10-4-2-8-14;1-4(2,3)5/h5-6,13-14H,1-4,7-10H2;5H,1-3H3/b6-5-;. The molecule has 136 valence electrons. The predicted octanol–water partition coefficient (Wildman–Crippen LogP) is 0.951. The minimum atomic E-state index is -0.611. The largest absolute Gasteiger partial charge is 0.463 e. The van der Waals surface area contributed by atoms with Crippen molar-refractivity contribution in [2.24, 2.45) is 0 Å². The highest BCUT2D eigenvalue weighted by molar-refractivity contribution is 5.91. The molecule has 0 unspecified atom stereocenters. The number of hydrogen-bond acceptors (Lipinski definition) is 7. The van der Waals surface area contributed by atoms with Gasteiger partial charge in [0.2, 0.25) is 0 Å². The Morgan fingerprint density at radius 3 is 1.39 bits per heavy atom. The van der Waals surface area contributed by atoms with Crippen LogP contribution in [0.15, 0.2) is 12.2 Å². The van der Waals surface area contributed by atoms with E-state index in [0.29, 0.717) is 25.7 Å². The number of ether oxygens (including phenoxy) is 2. The molecule has 0 aromatic carbocycles. The van der Waals surface area contributed by atoms with Crippen molar-refractivity contribution in [2.45, 2.75) is 52.1 Å².